The first kappa shape index (κ1) is 15.2. The molecule has 0 aromatic rings. The van der Waals surface area contributed by atoms with Crippen LogP contribution in [0, 0.1) is 21.7 Å². The number of cyclic esters (lactones) is 4. The van der Waals surface area contributed by atoms with Crippen LogP contribution < -0.4 is 0 Å². The van der Waals surface area contributed by atoms with Crippen molar-refractivity contribution in [2.75, 3.05) is 0 Å². The van der Waals surface area contributed by atoms with Gasteiger partial charge in [0.05, 0.1) is 0 Å². The SMILES string of the molecule is CCC12C(=O)OC(=O)C1(CC)C1(CC)C(=O)OC(=O)C21CC. The average molecular weight is 308 g/mol. The van der Waals surface area contributed by atoms with Crippen LogP contribution >= 0.6 is 0 Å². The molecule has 6 heteroatoms. The minimum Gasteiger partial charge on any atom is -0.392 e. The Morgan fingerprint density at radius 2 is 0.727 bits per heavy atom. The molecule has 0 aromatic carbocycles. The van der Waals surface area contributed by atoms with Gasteiger partial charge in [-0.05, 0) is 25.7 Å². The van der Waals surface area contributed by atoms with Crippen LogP contribution in [0.25, 0.3) is 0 Å². The number of carbonyl (C=O) groups is 4. The number of rotatable bonds is 4. The minimum atomic E-state index is -1.29. The van der Waals surface area contributed by atoms with Crippen LogP contribution in [-0.2, 0) is 28.7 Å². The third-order valence-corrected chi connectivity index (χ3v) is 6.80. The second-order valence-electron chi connectivity index (χ2n) is 6.39. The molecule has 1 aliphatic carbocycles. The lowest BCUT2D eigenvalue weighted by molar-refractivity contribution is -0.271. The van der Waals surface area contributed by atoms with Gasteiger partial charge < -0.3 is 9.47 Å². The smallest absolute Gasteiger partial charge is 0.322 e. The zero-order valence-electron chi connectivity index (χ0n) is 13.3. The highest BCUT2D eigenvalue weighted by Crippen LogP contribution is 2.87. The van der Waals surface area contributed by atoms with Crippen molar-refractivity contribution in [3.8, 4) is 0 Å². The van der Waals surface area contributed by atoms with Crippen molar-refractivity contribution in [1.29, 1.82) is 0 Å². The molecule has 6 nitrogen and oxygen atoms in total. The number of carbonyl (C=O) groups excluding carboxylic acids is 4. The highest BCUT2D eigenvalue weighted by Gasteiger charge is 3.00. The predicted octanol–water partition coefficient (Wildman–Crippen LogP) is 1.75. The van der Waals surface area contributed by atoms with Gasteiger partial charge in [-0.3, -0.25) is 19.2 Å². The summed E-state index contributed by atoms with van der Waals surface area (Å²) in [6.45, 7) is 7.04. The molecule has 0 aromatic heterocycles. The summed E-state index contributed by atoms with van der Waals surface area (Å²) in [5, 5.41) is 0. The minimum absolute atomic E-state index is 0.267. The maximum Gasteiger partial charge on any atom is 0.322 e. The quantitative estimate of drug-likeness (QED) is 0.581. The van der Waals surface area contributed by atoms with E-state index in [0.717, 1.165) is 0 Å². The fourth-order valence-corrected chi connectivity index (χ4v) is 6.30. The van der Waals surface area contributed by atoms with E-state index in [-0.39, 0.29) is 25.7 Å². The van der Waals surface area contributed by atoms with Crippen molar-refractivity contribution in [1.82, 2.24) is 0 Å². The molecule has 0 bridgehead atoms. The molecule has 0 atom stereocenters. The van der Waals surface area contributed by atoms with Crippen molar-refractivity contribution in [2.45, 2.75) is 53.4 Å². The Labute approximate surface area is 128 Å². The van der Waals surface area contributed by atoms with Gasteiger partial charge in [-0.1, -0.05) is 27.7 Å². The van der Waals surface area contributed by atoms with Crippen LogP contribution in [0.5, 0.6) is 0 Å². The van der Waals surface area contributed by atoms with Crippen LogP contribution in [0.4, 0.5) is 0 Å². The van der Waals surface area contributed by atoms with Crippen molar-refractivity contribution in [3.63, 3.8) is 0 Å². The van der Waals surface area contributed by atoms with Crippen LogP contribution in [0.1, 0.15) is 53.4 Å². The Bertz CT molecular complexity index is 502. The van der Waals surface area contributed by atoms with Gasteiger partial charge in [0.25, 0.3) is 0 Å². The molecule has 22 heavy (non-hydrogen) atoms. The molecule has 0 amide bonds. The first-order valence-electron chi connectivity index (χ1n) is 7.88. The molecule has 2 aliphatic heterocycles. The van der Waals surface area contributed by atoms with Gasteiger partial charge in [-0.2, -0.15) is 0 Å². The lowest BCUT2D eigenvalue weighted by atomic mass is 9.23. The summed E-state index contributed by atoms with van der Waals surface area (Å²) < 4.78 is 9.97. The lowest BCUT2D eigenvalue weighted by Gasteiger charge is -2.69. The summed E-state index contributed by atoms with van der Waals surface area (Å²) in [4.78, 5) is 50.5. The van der Waals surface area contributed by atoms with Crippen LogP contribution in [0.2, 0.25) is 0 Å². The Morgan fingerprint density at radius 3 is 0.864 bits per heavy atom. The lowest BCUT2D eigenvalue weighted by Crippen LogP contribution is -2.81. The normalized spacial score (nSPS) is 46.0. The van der Waals surface area contributed by atoms with Gasteiger partial charge in [0.15, 0.2) is 0 Å². The van der Waals surface area contributed by atoms with E-state index in [9.17, 15) is 19.2 Å². The zero-order valence-corrected chi connectivity index (χ0v) is 13.3. The van der Waals surface area contributed by atoms with E-state index < -0.39 is 45.5 Å². The van der Waals surface area contributed by atoms with Gasteiger partial charge in [0, 0.05) is 0 Å². The second kappa shape index (κ2) is 3.97. The van der Waals surface area contributed by atoms with Crippen LogP contribution in [-0.4, -0.2) is 23.9 Å². The Hall–Kier alpha value is -1.72. The van der Waals surface area contributed by atoms with Gasteiger partial charge in [-0.25, -0.2) is 0 Å². The number of hydrogen-bond acceptors (Lipinski definition) is 6. The van der Waals surface area contributed by atoms with Crippen molar-refractivity contribution in [2.24, 2.45) is 21.7 Å². The van der Waals surface area contributed by atoms with Crippen LogP contribution in [0.15, 0.2) is 0 Å². The Balaban J connectivity index is 2.45. The second-order valence-corrected chi connectivity index (χ2v) is 6.39. The monoisotopic (exact) mass is 308 g/mol. The third kappa shape index (κ3) is 0.891. The predicted molar refractivity (Wildman–Crippen MR) is 73.1 cm³/mol. The van der Waals surface area contributed by atoms with Crippen molar-refractivity contribution in [3.05, 3.63) is 0 Å². The summed E-state index contributed by atoms with van der Waals surface area (Å²) in [6, 6.07) is 0. The van der Waals surface area contributed by atoms with E-state index in [4.69, 9.17) is 9.47 Å². The molecule has 3 aliphatic rings. The molecule has 3 fully saturated rings. The van der Waals surface area contributed by atoms with Gasteiger partial charge in [0.2, 0.25) is 0 Å². The summed E-state index contributed by atoms with van der Waals surface area (Å²) in [6.07, 6.45) is 1.07. The molecule has 120 valence electrons. The molecular formula is C16H20O6. The van der Waals surface area contributed by atoms with E-state index in [1.165, 1.54) is 0 Å². The maximum absolute atomic E-state index is 12.6. The number of ether oxygens (including phenoxy) is 2. The largest absolute Gasteiger partial charge is 0.392 e. The van der Waals surface area contributed by atoms with Gasteiger partial charge in [0.1, 0.15) is 21.7 Å². The first-order valence-corrected chi connectivity index (χ1v) is 7.88. The van der Waals surface area contributed by atoms with Crippen molar-refractivity contribution < 1.29 is 28.7 Å². The first-order chi connectivity index (χ1) is 10.3. The van der Waals surface area contributed by atoms with Crippen molar-refractivity contribution >= 4 is 23.9 Å². The maximum atomic E-state index is 12.6. The zero-order chi connectivity index (χ0) is 16.6. The fraction of sp³-hybridized carbons (Fsp3) is 0.750. The summed E-state index contributed by atoms with van der Waals surface area (Å²) in [7, 11) is 0. The third-order valence-electron chi connectivity index (χ3n) is 6.80. The Kier molecular flexibility index (Phi) is 2.74. The molecule has 2 heterocycles. The van der Waals surface area contributed by atoms with Crippen LogP contribution in [0.3, 0.4) is 0 Å². The molecule has 0 unspecified atom stereocenters. The van der Waals surface area contributed by atoms with E-state index >= 15 is 0 Å². The topological polar surface area (TPSA) is 86.7 Å². The summed E-state index contributed by atoms with van der Waals surface area (Å²) in [5.74, 6) is -2.72. The molecule has 1 saturated carbocycles. The average Bonchev–Trinajstić information content (AvgIpc) is 2.79. The standard InChI is InChI=1S/C16H20O6/c1-5-13-9(17)21-10(18)14(13,6-2)16(8-4)12(20)22-11(19)15(13,16)7-3/h5-8H2,1-4H3. The number of fused-ring (bicyclic) bond motifs is 4. The molecule has 3 rings (SSSR count). The highest BCUT2D eigenvalue weighted by atomic mass is 16.6. The molecular weight excluding hydrogens is 288 g/mol. The fourth-order valence-electron chi connectivity index (χ4n) is 6.30. The number of hydrogen-bond donors (Lipinski definition) is 0. The van der Waals surface area contributed by atoms with Gasteiger partial charge >= 0.3 is 23.9 Å². The van der Waals surface area contributed by atoms with Gasteiger partial charge in [-0.15, -0.1) is 0 Å². The van der Waals surface area contributed by atoms with E-state index in [0.29, 0.717) is 0 Å². The van der Waals surface area contributed by atoms with E-state index in [2.05, 4.69) is 0 Å². The number of esters is 4. The molecule has 2 saturated heterocycles. The molecule has 0 radical (unpaired) electrons. The summed E-state index contributed by atoms with van der Waals surface area (Å²) >= 11 is 0. The van der Waals surface area contributed by atoms with E-state index in [1.54, 1.807) is 27.7 Å². The molecule has 0 N–H and O–H groups in total. The summed E-state index contributed by atoms with van der Waals surface area (Å²) in [5.41, 5.74) is -5.17. The highest BCUT2D eigenvalue weighted by molar-refractivity contribution is 6.18. The Morgan fingerprint density at radius 1 is 0.545 bits per heavy atom. The molecule has 0 spiro atoms. The van der Waals surface area contributed by atoms with E-state index in [1.807, 2.05) is 0 Å².